The maximum absolute atomic E-state index is 12.8. The Morgan fingerprint density at radius 2 is 2.00 bits per heavy atom. The zero-order chi connectivity index (χ0) is 17.3. The van der Waals surface area contributed by atoms with Gasteiger partial charge in [-0.1, -0.05) is 12.8 Å². The SMILES string of the molecule is Cc1nn(C)cc1C(=O)N1CCC[C@@](C)(C(=O)NC2CCCC2)C1. The number of hydrogen-bond donors (Lipinski definition) is 1. The number of nitrogens with one attached hydrogen (secondary N) is 1. The van der Waals surface area contributed by atoms with Crippen molar-refractivity contribution in [3.05, 3.63) is 17.5 Å². The fraction of sp³-hybridized carbons (Fsp3) is 0.722. The van der Waals surface area contributed by atoms with Gasteiger partial charge in [-0.2, -0.15) is 5.10 Å². The Hall–Kier alpha value is -1.85. The molecule has 0 unspecified atom stereocenters. The van der Waals surface area contributed by atoms with Gasteiger partial charge in [-0.15, -0.1) is 0 Å². The first-order valence-corrected chi connectivity index (χ1v) is 8.99. The molecule has 2 amide bonds. The lowest BCUT2D eigenvalue weighted by Gasteiger charge is -2.39. The van der Waals surface area contributed by atoms with Crippen molar-refractivity contribution < 1.29 is 9.59 Å². The van der Waals surface area contributed by atoms with Gasteiger partial charge in [0, 0.05) is 32.4 Å². The summed E-state index contributed by atoms with van der Waals surface area (Å²) in [5, 5.41) is 7.47. The van der Waals surface area contributed by atoms with Crippen LogP contribution in [0.4, 0.5) is 0 Å². The molecule has 132 valence electrons. The fourth-order valence-electron chi connectivity index (χ4n) is 4.01. The Morgan fingerprint density at radius 1 is 1.29 bits per heavy atom. The summed E-state index contributed by atoms with van der Waals surface area (Å²) in [5.41, 5.74) is 0.884. The highest BCUT2D eigenvalue weighted by molar-refractivity contribution is 5.95. The first-order valence-electron chi connectivity index (χ1n) is 8.99. The van der Waals surface area contributed by atoms with E-state index in [2.05, 4.69) is 10.4 Å². The minimum absolute atomic E-state index is 0.0137. The number of hydrogen-bond acceptors (Lipinski definition) is 3. The van der Waals surface area contributed by atoms with Crippen molar-refractivity contribution in [3.63, 3.8) is 0 Å². The highest BCUT2D eigenvalue weighted by Gasteiger charge is 2.40. The summed E-state index contributed by atoms with van der Waals surface area (Å²) in [7, 11) is 1.82. The van der Waals surface area contributed by atoms with Gasteiger partial charge >= 0.3 is 0 Å². The van der Waals surface area contributed by atoms with Crippen LogP contribution in [0.15, 0.2) is 6.20 Å². The summed E-state index contributed by atoms with van der Waals surface area (Å²) in [6.45, 7) is 5.04. The molecule has 1 aliphatic carbocycles. The normalized spacial score (nSPS) is 25.0. The fourth-order valence-corrected chi connectivity index (χ4v) is 4.01. The van der Waals surface area contributed by atoms with E-state index >= 15 is 0 Å². The van der Waals surface area contributed by atoms with Crippen molar-refractivity contribution >= 4 is 11.8 Å². The number of aromatic nitrogens is 2. The minimum atomic E-state index is -0.493. The lowest BCUT2D eigenvalue weighted by molar-refractivity contribution is -0.133. The number of rotatable bonds is 3. The van der Waals surface area contributed by atoms with Crippen LogP contribution >= 0.6 is 0 Å². The Bertz CT molecular complexity index is 633. The Kier molecular flexibility index (Phi) is 4.65. The van der Waals surface area contributed by atoms with Crippen molar-refractivity contribution in [2.45, 2.75) is 58.4 Å². The van der Waals surface area contributed by atoms with Gasteiger partial charge in [0.2, 0.25) is 5.91 Å². The van der Waals surface area contributed by atoms with Crippen molar-refractivity contribution in [1.82, 2.24) is 20.0 Å². The van der Waals surface area contributed by atoms with Crippen LogP contribution in [0.3, 0.4) is 0 Å². The van der Waals surface area contributed by atoms with Crippen molar-refractivity contribution in [2.24, 2.45) is 12.5 Å². The van der Waals surface area contributed by atoms with Crippen molar-refractivity contribution in [3.8, 4) is 0 Å². The Balaban J connectivity index is 1.69. The molecule has 6 heteroatoms. The quantitative estimate of drug-likeness (QED) is 0.921. The Morgan fingerprint density at radius 3 is 2.62 bits per heavy atom. The molecule has 3 rings (SSSR count). The summed E-state index contributed by atoms with van der Waals surface area (Å²) in [4.78, 5) is 27.4. The third-order valence-electron chi connectivity index (χ3n) is 5.47. The van der Waals surface area contributed by atoms with E-state index in [1.807, 2.05) is 25.8 Å². The highest BCUT2D eigenvalue weighted by atomic mass is 16.2. The highest BCUT2D eigenvalue weighted by Crippen LogP contribution is 2.31. The van der Waals surface area contributed by atoms with Crippen LogP contribution < -0.4 is 5.32 Å². The van der Waals surface area contributed by atoms with E-state index in [1.165, 1.54) is 12.8 Å². The molecule has 1 atom stereocenters. The van der Waals surface area contributed by atoms with Gasteiger partial charge in [-0.05, 0) is 39.5 Å². The maximum Gasteiger partial charge on any atom is 0.257 e. The lowest BCUT2D eigenvalue weighted by Crippen LogP contribution is -2.53. The van der Waals surface area contributed by atoms with E-state index in [0.717, 1.165) is 31.4 Å². The van der Waals surface area contributed by atoms with Crippen LogP contribution in [0.25, 0.3) is 0 Å². The van der Waals surface area contributed by atoms with E-state index < -0.39 is 5.41 Å². The third-order valence-corrected chi connectivity index (χ3v) is 5.47. The van der Waals surface area contributed by atoms with Gasteiger partial charge in [0.15, 0.2) is 0 Å². The van der Waals surface area contributed by atoms with E-state index in [4.69, 9.17) is 0 Å². The molecule has 1 aromatic rings. The molecular weight excluding hydrogens is 304 g/mol. The Labute approximate surface area is 143 Å². The van der Waals surface area contributed by atoms with E-state index in [0.29, 0.717) is 24.7 Å². The predicted octanol–water partition coefficient (Wildman–Crippen LogP) is 2.03. The largest absolute Gasteiger partial charge is 0.353 e. The van der Waals surface area contributed by atoms with Gasteiger partial charge in [-0.3, -0.25) is 14.3 Å². The summed E-state index contributed by atoms with van der Waals surface area (Å²) >= 11 is 0. The van der Waals surface area contributed by atoms with Crippen LogP contribution in [-0.2, 0) is 11.8 Å². The second-order valence-electron chi connectivity index (χ2n) is 7.65. The first-order chi connectivity index (χ1) is 11.4. The van der Waals surface area contributed by atoms with Gasteiger partial charge < -0.3 is 10.2 Å². The smallest absolute Gasteiger partial charge is 0.257 e. The van der Waals surface area contributed by atoms with Crippen LogP contribution in [0.5, 0.6) is 0 Å². The lowest BCUT2D eigenvalue weighted by atomic mass is 9.80. The number of nitrogens with zero attached hydrogens (tertiary/aromatic N) is 3. The van der Waals surface area contributed by atoms with Crippen molar-refractivity contribution in [2.75, 3.05) is 13.1 Å². The summed E-state index contributed by atoms with van der Waals surface area (Å²) in [6.07, 6.45) is 8.03. The maximum atomic E-state index is 12.8. The van der Waals surface area contributed by atoms with Crippen LogP contribution in [-0.4, -0.2) is 45.6 Å². The number of carbonyl (C=O) groups is 2. The molecule has 0 aromatic carbocycles. The minimum Gasteiger partial charge on any atom is -0.353 e. The molecule has 0 radical (unpaired) electrons. The molecule has 0 spiro atoms. The van der Waals surface area contributed by atoms with Crippen LogP contribution in [0.1, 0.15) is 61.5 Å². The van der Waals surface area contributed by atoms with Crippen molar-refractivity contribution in [1.29, 1.82) is 0 Å². The first kappa shape index (κ1) is 17.0. The van der Waals surface area contributed by atoms with Crippen LogP contribution in [0.2, 0.25) is 0 Å². The number of carbonyl (C=O) groups excluding carboxylic acids is 2. The van der Waals surface area contributed by atoms with Gasteiger partial charge in [0.05, 0.1) is 16.7 Å². The van der Waals surface area contributed by atoms with E-state index in [1.54, 1.807) is 10.9 Å². The van der Waals surface area contributed by atoms with Gasteiger partial charge in [0.1, 0.15) is 0 Å². The summed E-state index contributed by atoms with van der Waals surface area (Å²) in [5.74, 6) is 0.0926. The van der Waals surface area contributed by atoms with E-state index in [9.17, 15) is 9.59 Å². The second-order valence-corrected chi connectivity index (χ2v) is 7.65. The average Bonchev–Trinajstić information content (AvgIpc) is 3.16. The van der Waals surface area contributed by atoms with E-state index in [-0.39, 0.29) is 11.8 Å². The summed E-state index contributed by atoms with van der Waals surface area (Å²) < 4.78 is 1.67. The number of aryl methyl sites for hydroxylation is 2. The molecule has 2 aliphatic rings. The number of amides is 2. The molecule has 1 N–H and O–H groups in total. The molecule has 6 nitrogen and oxygen atoms in total. The van der Waals surface area contributed by atoms with Gasteiger partial charge in [-0.25, -0.2) is 0 Å². The molecule has 24 heavy (non-hydrogen) atoms. The molecule has 2 fully saturated rings. The standard InChI is InChI=1S/C18H28N4O2/c1-13-15(11-21(3)20-13)16(23)22-10-6-9-18(2,12-22)17(24)19-14-7-4-5-8-14/h11,14H,4-10,12H2,1-3H3,(H,19,24)/t18-/m1/s1. The zero-order valence-corrected chi connectivity index (χ0v) is 15.0. The molecule has 1 saturated carbocycles. The van der Waals surface area contributed by atoms with Gasteiger partial charge in [0.25, 0.3) is 5.91 Å². The molecular formula is C18H28N4O2. The summed E-state index contributed by atoms with van der Waals surface area (Å²) in [6, 6.07) is 0.320. The van der Waals surface area contributed by atoms with Crippen LogP contribution in [0, 0.1) is 12.3 Å². The number of likely N-dealkylation sites (tertiary alicyclic amines) is 1. The predicted molar refractivity (Wildman–Crippen MR) is 91.6 cm³/mol. The zero-order valence-electron chi connectivity index (χ0n) is 15.0. The topological polar surface area (TPSA) is 67.2 Å². The molecule has 1 aliphatic heterocycles. The molecule has 1 saturated heterocycles. The molecule has 1 aromatic heterocycles. The second kappa shape index (κ2) is 6.57. The molecule has 2 heterocycles. The third kappa shape index (κ3) is 3.32. The average molecular weight is 332 g/mol. The molecule has 0 bridgehead atoms. The monoisotopic (exact) mass is 332 g/mol. The number of piperidine rings is 1.